The van der Waals surface area contributed by atoms with E-state index >= 15 is 4.39 Å². The lowest BCUT2D eigenvalue weighted by Gasteiger charge is -2.33. The third-order valence-electron chi connectivity index (χ3n) is 5.10. The van der Waals surface area contributed by atoms with Crippen LogP contribution >= 0.6 is 0 Å². The molecule has 0 aliphatic heterocycles. The Morgan fingerprint density at radius 1 is 1.17 bits per heavy atom. The van der Waals surface area contributed by atoms with Crippen molar-refractivity contribution in [3.8, 4) is 0 Å². The van der Waals surface area contributed by atoms with Gasteiger partial charge >= 0.3 is 0 Å². The molecule has 0 saturated heterocycles. The third kappa shape index (κ3) is 2.03. The molecule has 0 amide bonds. The Labute approximate surface area is 139 Å². The average Bonchev–Trinajstić information content (AvgIpc) is 2.95. The molecule has 0 bridgehead atoms. The van der Waals surface area contributed by atoms with Gasteiger partial charge in [-0.3, -0.25) is 4.79 Å². The van der Waals surface area contributed by atoms with Crippen molar-refractivity contribution >= 4 is 16.7 Å². The molecular weight excluding hydrogens is 305 g/mol. The number of hydrogen-bond acceptors (Lipinski definition) is 2. The van der Waals surface area contributed by atoms with Gasteiger partial charge in [0.05, 0.1) is 5.69 Å². The third-order valence-corrected chi connectivity index (χ3v) is 5.10. The van der Waals surface area contributed by atoms with Gasteiger partial charge in [-0.05, 0) is 35.9 Å². The van der Waals surface area contributed by atoms with E-state index in [1.54, 1.807) is 29.8 Å². The van der Waals surface area contributed by atoms with Crippen LogP contribution in [0.3, 0.4) is 0 Å². The molecule has 3 aromatic rings. The normalized spacial score (nSPS) is 21.7. The van der Waals surface area contributed by atoms with Gasteiger partial charge in [0.15, 0.2) is 0 Å². The number of aromatic nitrogens is 1. The lowest BCUT2D eigenvalue weighted by molar-refractivity contribution is -0.00969. The number of rotatable bonds is 2. The number of benzene rings is 2. The summed E-state index contributed by atoms with van der Waals surface area (Å²) in [6, 6.07) is 16.4. The minimum absolute atomic E-state index is 0.00839. The molecule has 122 valence electrons. The SMILES string of the molecule is Cn1c([C@H](O)[C@]2(F)CCc3ccccc3C2=O)cc2ccccc21. The molecule has 4 heteroatoms. The maximum Gasteiger partial charge on any atom is 0.204 e. The Kier molecular flexibility index (Phi) is 3.32. The van der Waals surface area contributed by atoms with E-state index in [-0.39, 0.29) is 6.42 Å². The van der Waals surface area contributed by atoms with Gasteiger partial charge in [-0.15, -0.1) is 0 Å². The minimum atomic E-state index is -2.30. The van der Waals surface area contributed by atoms with Crippen LogP contribution in [0.2, 0.25) is 0 Å². The molecule has 1 heterocycles. The maximum absolute atomic E-state index is 15.6. The summed E-state index contributed by atoms with van der Waals surface area (Å²) in [6.07, 6.45) is -1.05. The van der Waals surface area contributed by atoms with Gasteiger partial charge < -0.3 is 9.67 Å². The number of aryl methyl sites for hydroxylation is 2. The van der Waals surface area contributed by atoms with E-state index in [0.29, 0.717) is 17.7 Å². The predicted octanol–water partition coefficient (Wildman–Crippen LogP) is 3.75. The number of Topliss-reactive ketones (excluding diaryl/α,β-unsaturated/α-hetero) is 1. The van der Waals surface area contributed by atoms with Gasteiger partial charge in [0.25, 0.3) is 0 Å². The molecule has 1 aliphatic carbocycles. The Balaban J connectivity index is 1.80. The van der Waals surface area contributed by atoms with Crippen LogP contribution in [0, 0.1) is 0 Å². The van der Waals surface area contributed by atoms with Gasteiger partial charge in [0.2, 0.25) is 11.5 Å². The van der Waals surface area contributed by atoms with Gasteiger partial charge in [-0.25, -0.2) is 4.39 Å². The van der Waals surface area contributed by atoms with Crippen LogP contribution in [0.25, 0.3) is 10.9 Å². The molecule has 0 fully saturated rings. The average molecular weight is 323 g/mol. The zero-order chi connectivity index (χ0) is 16.9. The maximum atomic E-state index is 15.6. The zero-order valence-electron chi connectivity index (χ0n) is 13.4. The second kappa shape index (κ2) is 5.28. The first-order valence-electron chi connectivity index (χ1n) is 8.06. The summed E-state index contributed by atoms with van der Waals surface area (Å²) >= 11 is 0. The summed E-state index contributed by atoms with van der Waals surface area (Å²) in [4.78, 5) is 12.7. The van der Waals surface area contributed by atoms with Gasteiger partial charge in [-0.2, -0.15) is 0 Å². The molecule has 0 saturated carbocycles. The first-order chi connectivity index (χ1) is 11.5. The van der Waals surface area contributed by atoms with Gasteiger partial charge in [0.1, 0.15) is 6.10 Å². The highest BCUT2D eigenvalue weighted by atomic mass is 19.1. The topological polar surface area (TPSA) is 42.2 Å². The number of para-hydroxylation sites is 1. The number of hydrogen-bond donors (Lipinski definition) is 1. The Bertz CT molecular complexity index is 946. The van der Waals surface area contributed by atoms with E-state index in [4.69, 9.17) is 0 Å². The van der Waals surface area contributed by atoms with Crippen LogP contribution in [0.4, 0.5) is 4.39 Å². The highest BCUT2D eigenvalue weighted by Gasteiger charge is 2.50. The van der Waals surface area contributed by atoms with E-state index in [0.717, 1.165) is 16.5 Å². The van der Waals surface area contributed by atoms with Crippen LogP contribution in [-0.4, -0.2) is 21.1 Å². The van der Waals surface area contributed by atoms with Crippen molar-refractivity contribution in [1.29, 1.82) is 0 Å². The molecule has 0 spiro atoms. The molecule has 1 N–H and O–H groups in total. The summed E-state index contributed by atoms with van der Waals surface area (Å²) in [5.41, 5.74) is 0.255. The van der Waals surface area contributed by atoms with E-state index in [2.05, 4.69) is 0 Å². The van der Waals surface area contributed by atoms with Crippen molar-refractivity contribution in [2.45, 2.75) is 24.6 Å². The molecule has 2 aromatic carbocycles. The largest absolute Gasteiger partial charge is 0.383 e. The highest BCUT2D eigenvalue weighted by Crippen LogP contribution is 2.41. The molecule has 1 aliphatic rings. The number of carbonyl (C=O) groups excluding carboxylic acids is 1. The quantitative estimate of drug-likeness (QED) is 0.780. The number of alkyl halides is 1. The molecular formula is C20H18FNO2. The number of ketones is 1. The number of aliphatic hydroxyl groups is 1. The van der Waals surface area contributed by atoms with E-state index in [1.165, 1.54) is 0 Å². The number of nitrogens with zero attached hydrogens (tertiary/aromatic N) is 1. The highest BCUT2D eigenvalue weighted by molar-refractivity contribution is 6.05. The predicted molar refractivity (Wildman–Crippen MR) is 90.8 cm³/mol. The van der Waals surface area contributed by atoms with E-state index in [9.17, 15) is 9.90 Å². The Morgan fingerprint density at radius 2 is 1.88 bits per heavy atom. The van der Waals surface area contributed by atoms with E-state index < -0.39 is 17.6 Å². The smallest absolute Gasteiger partial charge is 0.204 e. The van der Waals surface area contributed by atoms with Crippen LogP contribution < -0.4 is 0 Å². The second-order valence-corrected chi connectivity index (χ2v) is 6.44. The summed E-state index contributed by atoms with van der Waals surface area (Å²) < 4.78 is 17.4. The van der Waals surface area contributed by atoms with Crippen molar-refractivity contribution < 1.29 is 14.3 Å². The Hall–Kier alpha value is -2.46. The first kappa shape index (κ1) is 15.1. The zero-order valence-corrected chi connectivity index (χ0v) is 13.4. The van der Waals surface area contributed by atoms with Gasteiger partial charge in [0, 0.05) is 18.1 Å². The number of halogens is 1. The molecule has 1 aromatic heterocycles. The first-order valence-corrected chi connectivity index (χ1v) is 8.06. The van der Waals surface area contributed by atoms with Crippen molar-refractivity contribution in [2.24, 2.45) is 7.05 Å². The molecule has 2 atom stereocenters. The van der Waals surface area contributed by atoms with Crippen LogP contribution in [0.1, 0.15) is 34.1 Å². The fraction of sp³-hybridized carbons (Fsp3) is 0.250. The fourth-order valence-corrected chi connectivity index (χ4v) is 3.68. The monoisotopic (exact) mass is 323 g/mol. The molecule has 0 radical (unpaired) electrons. The van der Waals surface area contributed by atoms with E-state index in [1.807, 2.05) is 36.4 Å². The lowest BCUT2D eigenvalue weighted by Crippen LogP contribution is -2.44. The van der Waals surface area contributed by atoms with Crippen molar-refractivity contribution in [1.82, 2.24) is 4.57 Å². The Morgan fingerprint density at radius 3 is 2.67 bits per heavy atom. The summed E-state index contributed by atoms with van der Waals surface area (Å²) in [5, 5.41) is 11.7. The molecule has 4 rings (SSSR count). The molecule has 24 heavy (non-hydrogen) atoms. The number of carbonyl (C=O) groups is 1. The summed E-state index contributed by atoms with van der Waals surface area (Å²) in [5.74, 6) is -0.623. The van der Waals surface area contributed by atoms with Crippen molar-refractivity contribution in [3.63, 3.8) is 0 Å². The van der Waals surface area contributed by atoms with Gasteiger partial charge in [-0.1, -0.05) is 42.5 Å². The second-order valence-electron chi connectivity index (χ2n) is 6.44. The number of aliphatic hydroxyl groups excluding tert-OH is 1. The summed E-state index contributed by atoms with van der Waals surface area (Å²) in [7, 11) is 1.78. The van der Waals surface area contributed by atoms with Crippen molar-refractivity contribution in [3.05, 3.63) is 71.4 Å². The van der Waals surface area contributed by atoms with Crippen LogP contribution in [0.5, 0.6) is 0 Å². The standard InChI is InChI=1S/C20H18FNO2/c1-22-16-9-5-3-7-14(16)12-17(22)19(24)20(21)11-10-13-6-2-4-8-15(13)18(20)23/h2-9,12,19,24H,10-11H2,1H3/t19-,20-/m0/s1. The minimum Gasteiger partial charge on any atom is -0.383 e. The summed E-state index contributed by atoms with van der Waals surface area (Å²) in [6.45, 7) is 0. The van der Waals surface area contributed by atoms with Crippen molar-refractivity contribution in [2.75, 3.05) is 0 Å². The molecule has 3 nitrogen and oxygen atoms in total. The number of fused-ring (bicyclic) bond motifs is 2. The fourth-order valence-electron chi connectivity index (χ4n) is 3.68. The van der Waals surface area contributed by atoms with Crippen LogP contribution in [-0.2, 0) is 13.5 Å². The molecule has 0 unspecified atom stereocenters. The lowest BCUT2D eigenvalue weighted by atomic mass is 9.76. The van der Waals surface area contributed by atoms with Crippen LogP contribution in [0.15, 0.2) is 54.6 Å².